The van der Waals surface area contributed by atoms with Gasteiger partial charge in [0.2, 0.25) is 0 Å². The van der Waals surface area contributed by atoms with Gasteiger partial charge in [0.25, 0.3) is 17.7 Å². The summed E-state index contributed by atoms with van der Waals surface area (Å²) in [6.07, 6.45) is 0. The molecule has 0 atom stereocenters. The van der Waals surface area contributed by atoms with Crippen molar-refractivity contribution in [3.05, 3.63) is 65.2 Å². The molecule has 8 heteroatoms. The molecule has 8 nitrogen and oxygen atoms in total. The fraction of sp³-hybridized carbons (Fsp3) is 0.158. The maximum Gasteiger partial charge on any atom is 0.367 e. The van der Waals surface area contributed by atoms with E-state index in [0.717, 1.165) is 0 Å². The van der Waals surface area contributed by atoms with E-state index in [-0.39, 0.29) is 35.0 Å². The first-order valence-corrected chi connectivity index (χ1v) is 8.02. The first-order valence-electron chi connectivity index (χ1n) is 8.02. The van der Waals surface area contributed by atoms with Crippen molar-refractivity contribution >= 4 is 23.7 Å². The third-order valence-corrected chi connectivity index (χ3v) is 3.89. The third kappa shape index (κ3) is 3.50. The quantitative estimate of drug-likeness (QED) is 0.743. The number of fused-ring (bicyclic) bond motifs is 1. The molecule has 0 spiro atoms. The van der Waals surface area contributed by atoms with E-state index in [4.69, 9.17) is 9.57 Å². The molecule has 0 aliphatic carbocycles. The lowest BCUT2D eigenvalue weighted by Gasteiger charge is -2.15. The number of imide groups is 1. The Kier molecular flexibility index (Phi) is 4.89. The van der Waals surface area contributed by atoms with Gasteiger partial charge >= 0.3 is 5.97 Å². The fourth-order valence-corrected chi connectivity index (χ4v) is 2.41. The van der Waals surface area contributed by atoms with Crippen LogP contribution >= 0.6 is 0 Å². The minimum Gasteiger partial charge on any atom is -0.483 e. The van der Waals surface area contributed by atoms with Crippen LogP contribution in [0.3, 0.4) is 0 Å². The van der Waals surface area contributed by atoms with Crippen LogP contribution in [0.15, 0.2) is 48.5 Å². The van der Waals surface area contributed by atoms with Crippen LogP contribution in [0.25, 0.3) is 0 Å². The van der Waals surface area contributed by atoms with E-state index >= 15 is 0 Å². The summed E-state index contributed by atoms with van der Waals surface area (Å²) in [5, 5.41) is 0.425. The minimum absolute atomic E-state index is 0.0133. The molecule has 2 aromatic carbocycles. The van der Waals surface area contributed by atoms with Crippen molar-refractivity contribution < 1.29 is 28.8 Å². The number of para-hydroxylation sites is 1. The molecular weight excluding hydrogens is 352 g/mol. The Bertz CT molecular complexity index is 902. The average molecular weight is 368 g/mol. The molecule has 0 aromatic heterocycles. The van der Waals surface area contributed by atoms with Gasteiger partial charge in [0.1, 0.15) is 11.3 Å². The van der Waals surface area contributed by atoms with Crippen molar-refractivity contribution in [1.82, 2.24) is 9.96 Å². The number of rotatable bonds is 5. The fourth-order valence-electron chi connectivity index (χ4n) is 2.41. The number of hydrogen-bond donors (Lipinski definition) is 0. The van der Waals surface area contributed by atoms with Gasteiger partial charge in [-0.15, -0.1) is 0 Å². The number of nitrogens with zero attached hydrogens (tertiary/aromatic N) is 2. The second-order valence-corrected chi connectivity index (χ2v) is 5.90. The van der Waals surface area contributed by atoms with E-state index in [1.54, 1.807) is 38.4 Å². The van der Waals surface area contributed by atoms with Crippen LogP contribution < -0.4 is 4.74 Å². The van der Waals surface area contributed by atoms with Gasteiger partial charge in [0.05, 0.1) is 11.1 Å². The highest BCUT2D eigenvalue weighted by Gasteiger charge is 2.39. The number of carbonyl (C=O) groups is 4. The van der Waals surface area contributed by atoms with E-state index in [1.807, 2.05) is 0 Å². The zero-order valence-electron chi connectivity index (χ0n) is 14.7. The van der Waals surface area contributed by atoms with Crippen molar-refractivity contribution in [3.8, 4) is 5.75 Å². The molecule has 27 heavy (non-hydrogen) atoms. The predicted molar refractivity (Wildman–Crippen MR) is 93.0 cm³/mol. The maximum absolute atomic E-state index is 12.5. The Hall–Kier alpha value is -3.68. The van der Waals surface area contributed by atoms with E-state index in [2.05, 4.69) is 0 Å². The van der Waals surface area contributed by atoms with Crippen molar-refractivity contribution in [1.29, 1.82) is 0 Å². The SMILES string of the molecule is CN(C)C(=O)COc1ccccc1C(=O)ON1C(=O)c2ccccc2C1=O. The molecule has 0 saturated heterocycles. The first kappa shape index (κ1) is 18.1. The lowest BCUT2D eigenvalue weighted by Crippen LogP contribution is -2.33. The molecule has 0 saturated carbocycles. The second-order valence-electron chi connectivity index (χ2n) is 5.90. The third-order valence-electron chi connectivity index (χ3n) is 3.89. The highest BCUT2D eigenvalue weighted by atomic mass is 16.7. The van der Waals surface area contributed by atoms with Gasteiger partial charge in [-0.1, -0.05) is 29.3 Å². The molecule has 3 amide bonds. The molecule has 1 aliphatic heterocycles. The first-order chi connectivity index (χ1) is 12.9. The summed E-state index contributed by atoms with van der Waals surface area (Å²) in [5.41, 5.74) is 0.313. The molecular formula is C19H16N2O6. The van der Waals surface area contributed by atoms with Gasteiger partial charge in [-0.05, 0) is 24.3 Å². The van der Waals surface area contributed by atoms with Crippen LogP contribution in [0.2, 0.25) is 0 Å². The number of carbonyl (C=O) groups excluding carboxylic acids is 4. The van der Waals surface area contributed by atoms with Gasteiger partial charge in [-0.2, -0.15) is 0 Å². The van der Waals surface area contributed by atoms with Crippen LogP contribution in [-0.4, -0.2) is 54.4 Å². The smallest absolute Gasteiger partial charge is 0.367 e. The summed E-state index contributed by atoms with van der Waals surface area (Å²) >= 11 is 0. The lowest BCUT2D eigenvalue weighted by molar-refractivity contribution is -0.130. The van der Waals surface area contributed by atoms with Crippen LogP contribution in [0.1, 0.15) is 31.1 Å². The number of likely N-dealkylation sites (N-methyl/N-ethyl adjacent to an activating group) is 1. The normalized spacial score (nSPS) is 12.6. The van der Waals surface area contributed by atoms with Crippen LogP contribution in [0.5, 0.6) is 5.75 Å². The zero-order chi connectivity index (χ0) is 19.6. The maximum atomic E-state index is 12.5. The molecule has 0 radical (unpaired) electrons. The van der Waals surface area contributed by atoms with Crippen LogP contribution in [0, 0.1) is 0 Å². The topological polar surface area (TPSA) is 93.2 Å². The van der Waals surface area contributed by atoms with Gasteiger partial charge in [-0.25, -0.2) is 4.79 Å². The molecule has 2 aromatic rings. The highest BCUT2D eigenvalue weighted by Crippen LogP contribution is 2.25. The Morgan fingerprint density at radius 2 is 1.48 bits per heavy atom. The number of benzene rings is 2. The molecule has 0 fully saturated rings. The van der Waals surface area contributed by atoms with Gasteiger partial charge < -0.3 is 14.5 Å². The van der Waals surface area contributed by atoms with Crippen molar-refractivity contribution in [2.75, 3.05) is 20.7 Å². The summed E-state index contributed by atoms with van der Waals surface area (Å²) < 4.78 is 5.38. The summed E-state index contributed by atoms with van der Waals surface area (Å²) in [6.45, 7) is -0.274. The average Bonchev–Trinajstić information content (AvgIpc) is 2.91. The van der Waals surface area contributed by atoms with E-state index < -0.39 is 17.8 Å². The molecule has 1 heterocycles. The number of ether oxygens (including phenoxy) is 1. The second kappa shape index (κ2) is 7.28. The molecule has 0 N–H and O–H groups in total. The Balaban J connectivity index is 1.77. The van der Waals surface area contributed by atoms with E-state index in [9.17, 15) is 19.2 Å². The van der Waals surface area contributed by atoms with Gasteiger partial charge in [0.15, 0.2) is 6.61 Å². The monoisotopic (exact) mass is 368 g/mol. The van der Waals surface area contributed by atoms with E-state index in [0.29, 0.717) is 5.06 Å². The molecule has 138 valence electrons. The molecule has 1 aliphatic rings. The summed E-state index contributed by atoms with van der Waals surface area (Å²) in [5.74, 6) is -2.57. The van der Waals surface area contributed by atoms with E-state index in [1.165, 1.54) is 29.2 Å². The summed E-state index contributed by atoms with van der Waals surface area (Å²) in [7, 11) is 3.16. The summed E-state index contributed by atoms with van der Waals surface area (Å²) in [4.78, 5) is 55.1. The Morgan fingerprint density at radius 1 is 0.926 bits per heavy atom. The lowest BCUT2D eigenvalue weighted by atomic mass is 10.1. The van der Waals surface area contributed by atoms with Gasteiger partial charge in [0, 0.05) is 14.1 Å². The van der Waals surface area contributed by atoms with Crippen LogP contribution in [0.4, 0.5) is 0 Å². The number of hydroxylamine groups is 2. The number of amides is 3. The molecule has 0 bridgehead atoms. The van der Waals surface area contributed by atoms with Gasteiger partial charge in [-0.3, -0.25) is 14.4 Å². The standard InChI is InChI=1S/C19H16N2O6/c1-20(2)16(22)11-26-15-10-6-5-9-14(15)19(25)27-21-17(23)12-7-3-4-8-13(12)18(21)24/h3-10H,11H2,1-2H3. The predicted octanol–water partition coefficient (Wildman–Crippen LogP) is 1.52. The van der Waals surface area contributed by atoms with Crippen molar-refractivity contribution in [3.63, 3.8) is 0 Å². The van der Waals surface area contributed by atoms with Crippen LogP contribution in [-0.2, 0) is 9.63 Å². The highest BCUT2D eigenvalue weighted by molar-refractivity contribution is 6.21. The van der Waals surface area contributed by atoms with Crippen molar-refractivity contribution in [2.24, 2.45) is 0 Å². The largest absolute Gasteiger partial charge is 0.483 e. The zero-order valence-corrected chi connectivity index (χ0v) is 14.7. The molecule has 0 unspecified atom stereocenters. The Labute approximate surface area is 154 Å². The van der Waals surface area contributed by atoms with Crippen molar-refractivity contribution in [2.45, 2.75) is 0 Å². The summed E-state index contributed by atoms with van der Waals surface area (Å²) in [6, 6.07) is 12.3. The Morgan fingerprint density at radius 3 is 2.07 bits per heavy atom. The minimum atomic E-state index is -0.947. The number of hydrogen-bond acceptors (Lipinski definition) is 6. The molecule has 3 rings (SSSR count).